The van der Waals surface area contributed by atoms with Gasteiger partial charge in [0.2, 0.25) is 5.91 Å². The van der Waals surface area contributed by atoms with Crippen LogP contribution in [0.2, 0.25) is 0 Å². The molecule has 0 bridgehead atoms. The third-order valence-corrected chi connectivity index (χ3v) is 2.24. The third kappa shape index (κ3) is 5.25. The second-order valence-corrected chi connectivity index (χ2v) is 3.69. The van der Waals surface area contributed by atoms with Crippen LogP contribution in [0.1, 0.15) is 13.3 Å². The number of benzene rings is 1. The molecule has 0 aliphatic rings. The molecule has 0 atom stereocenters. The van der Waals surface area contributed by atoms with Crippen LogP contribution in [0.5, 0.6) is 5.75 Å². The van der Waals surface area contributed by atoms with Crippen molar-refractivity contribution in [2.24, 2.45) is 0 Å². The minimum Gasteiger partial charge on any atom is -0.491 e. The molecule has 5 nitrogen and oxygen atoms in total. The Labute approximate surface area is 111 Å². The summed E-state index contributed by atoms with van der Waals surface area (Å²) < 4.78 is 18.6. The van der Waals surface area contributed by atoms with Crippen molar-refractivity contribution in [1.82, 2.24) is 5.32 Å². The fraction of sp³-hybridized carbons (Fsp3) is 0.385. The maximum Gasteiger partial charge on any atom is 0.239 e. The molecule has 0 radical (unpaired) electrons. The van der Waals surface area contributed by atoms with E-state index in [0.29, 0.717) is 18.8 Å². The Balaban J connectivity index is 2.43. The number of nitrogens with one attached hydrogen (secondary N) is 2. The molecule has 1 rings (SSSR count). The van der Waals surface area contributed by atoms with Crippen molar-refractivity contribution in [2.45, 2.75) is 13.3 Å². The van der Waals surface area contributed by atoms with Gasteiger partial charge in [-0.15, -0.1) is 0 Å². The van der Waals surface area contributed by atoms with Gasteiger partial charge in [0.05, 0.1) is 25.6 Å². The van der Waals surface area contributed by atoms with Gasteiger partial charge in [0.1, 0.15) is 0 Å². The predicted molar refractivity (Wildman–Crippen MR) is 69.3 cm³/mol. The lowest BCUT2D eigenvalue weighted by atomic mass is 10.3. The maximum atomic E-state index is 13.5. The molecule has 0 spiro atoms. The first-order valence-corrected chi connectivity index (χ1v) is 5.97. The predicted octanol–water partition coefficient (Wildman–Crippen LogP) is 1.67. The first kappa shape index (κ1) is 14.8. The van der Waals surface area contributed by atoms with E-state index in [1.807, 2.05) is 6.07 Å². The van der Waals surface area contributed by atoms with Crippen LogP contribution in [0.4, 0.5) is 10.1 Å². The van der Waals surface area contributed by atoms with Crippen LogP contribution in [0.3, 0.4) is 0 Å². The Bertz CT molecular complexity index is 471. The number of nitrogens with zero attached hydrogens (tertiary/aromatic N) is 1. The summed E-state index contributed by atoms with van der Waals surface area (Å²) >= 11 is 0. The van der Waals surface area contributed by atoms with Crippen LogP contribution >= 0.6 is 0 Å². The fourth-order valence-electron chi connectivity index (χ4n) is 1.39. The number of hydrogen-bond donors (Lipinski definition) is 2. The summed E-state index contributed by atoms with van der Waals surface area (Å²) in [4.78, 5) is 11.3. The van der Waals surface area contributed by atoms with Gasteiger partial charge in [-0.2, -0.15) is 5.26 Å². The number of ether oxygens (including phenoxy) is 1. The fourth-order valence-corrected chi connectivity index (χ4v) is 1.39. The van der Waals surface area contributed by atoms with E-state index in [0.717, 1.165) is 0 Å². The van der Waals surface area contributed by atoms with Crippen LogP contribution in [0.15, 0.2) is 18.2 Å². The van der Waals surface area contributed by atoms with Crippen molar-refractivity contribution in [3.05, 3.63) is 24.0 Å². The summed E-state index contributed by atoms with van der Waals surface area (Å²) in [7, 11) is 0. The molecule has 0 aliphatic carbocycles. The maximum absolute atomic E-state index is 13.5. The van der Waals surface area contributed by atoms with Gasteiger partial charge in [-0.05, 0) is 19.1 Å². The zero-order chi connectivity index (χ0) is 14.1. The van der Waals surface area contributed by atoms with Crippen molar-refractivity contribution >= 4 is 11.6 Å². The normalized spacial score (nSPS) is 9.53. The number of hydrogen-bond acceptors (Lipinski definition) is 4. The average molecular weight is 265 g/mol. The van der Waals surface area contributed by atoms with Crippen LogP contribution in [-0.4, -0.2) is 25.6 Å². The summed E-state index contributed by atoms with van der Waals surface area (Å²) in [6.45, 7) is 2.51. The first-order chi connectivity index (χ1) is 9.17. The highest BCUT2D eigenvalue weighted by Gasteiger charge is 2.05. The zero-order valence-corrected chi connectivity index (χ0v) is 10.7. The van der Waals surface area contributed by atoms with Crippen LogP contribution < -0.4 is 15.4 Å². The van der Waals surface area contributed by atoms with Crippen LogP contribution in [-0.2, 0) is 4.79 Å². The van der Waals surface area contributed by atoms with E-state index in [1.165, 1.54) is 12.1 Å². The number of rotatable bonds is 7. The second kappa shape index (κ2) is 7.93. The van der Waals surface area contributed by atoms with Crippen molar-refractivity contribution in [3.63, 3.8) is 0 Å². The topological polar surface area (TPSA) is 74.2 Å². The smallest absolute Gasteiger partial charge is 0.239 e. The third-order valence-electron chi connectivity index (χ3n) is 2.24. The molecule has 19 heavy (non-hydrogen) atoms. The van der Waals surface area contributed by atoms with E-state index in [1.54, 1.807) is 13.0 Å². The molecule has 1 aromatic carbocycles. The largest absolute Gasteiger partial charge is 0.491 e. The Morgan fingerprint density at radius 2 is 2.32 bits per heavy atom. The summed E-state index contributed by atoms with van der Waals surface area (Å²) in [5.41, 5.74) is 0.497. The Kier molecular flexibility index (Phi) is 6.16. The Morgan fingerprint density at radius 1 is 1.53 bits per heavy atom. The van der Waals surface area contributed by atoms with Gasteiger partial charge in [0, 0.05) is 18.3 Å². The van der Waals surface area contributed by atoms with Crippen molar-refractivity contribution in [2.75, 3.05) is 25.0 Å². The molecule has 0 heterocycles. The molecule has 0 saturated carbocycles. The van der Waals surface area contributed by atoms with Crippen molar-refractivity contribution in [1.29, 1.82) is 5.26 Å². The number of carbonyl (C=O) groups excluding carboxylic acids is 1. The van der Waals surface area contributed by atoms with E-state index >= 15 is 0 Å². The quantitative estimate of drug-likeness (QED) is 0.735. The summed E-state index contributed by atoms with van der Waals surface area (Å²) in [6, 6.07) is 6.34. The number of nitriles is 1. The van der Waals surface area contributed by atoms with Gasteiger partial charge < -0.3 is 15.4 Å². The summed E-state index contributed by atoms with van der Waals surface area (Å²) in [6.07, 6.45) is 0.267. The van der Waals surface area contributed by atoms with E-state index in [2.05, 4.69) is 10.6 Å². The van der Waals surface area contributed by atoms with Crippen LogP contribution in [0.25, 0.3) is 0 Å². The molecule has 102 valence electrons. The number of amides is 1. The summed E-state index contributed by atoms with van der Waals surface area (Å²) in [5, 5.41) is 13.7. The van der Waals surface area contributed by atoms with Crippen LogP contribution in [0, 0.1) is 17.1 Å². The van der Waals surface area contributed by atoms with Gasteiger partial charge in [-0.25, -0.2) is 4.39 Å². The molecule has 0 aliphatic heterocycles. The molecule has 0 saturated heterocycles. The Morgan fingerprint density at radius 3 is 2.95 bits per heavy atom. The monoisotopic (exact) mass is 265 g/mol. The molecule has 2 N–H and O–H groups in total. The average Bonchev–Trinajstić information content (AvgIpc) is 2.40. The molecule has 1 aromatic rings. The van der Waals surface area contributed by atoms with Crippen molar-refractivity contribution in [3.8, 4) is 11.8 Å². The van der Waals surface area contributed by atoms with Gasteiger partial charge in [0.25, 0.3) is 0 Å². The molecule has 0 unspecified atom stereocenters. The lowest BCUT2D eigenvalue weighted by Gasteiger charge is -2.09. The molecular formula is C13H16FN3O2. The first-order valence-electron chi connectivity index (χ1n) is 5.97. The Hall–Kier alpha value is -2.29. The highest BCUT2D eigenvalue weighted by Crippen LogP contribution is 2.20. The minimum absolute atomic E-state index is 0.0266. The number of halogens is 1. The molecule has 0 aromatic heterocycles. The summed E-state index contributed by atoms with van der Waals surface area (Å²) in [5.74, 6) is -0.534. The van der Waals surface area contributed by atoms with E-state index in [9.17, 15) is 9.18 Å². The SMILES string of the molecule is CCOc1ccc(NCC(=O)NCCC#N)cc1F. The van der Waals surface area contributed by atoms with E-state index in [4.69, 9.17) is 10.00 Å². The number of carbonyl (C=O) groups is 1. The molecule has 1 amide bonds. The van der Waals surface area contributed by atoms with Gasteiger partial charge >= 0.3 is 0 Å². The van der Waals surface area contributed by atoms with Gasteiger partial charge in [-0.3, -0.25) is 4.79 Å². The number of anilines is 1. The van der Waals surface area contributed by atoms with E-state index < -0.39 is 5.82 Å². The second-order valence-electron chi connectivity index (χ2n) is 3.69. The lowest BCUT2D eigenvalue weighted by molar-refractivity contribution is -0.119. The standard InChI is InChI=1S/C13H16FN3O2/c1-2-19-12-5-4-10(8-11(12)14)17-9-13(18)16-7-3-6-15/h4-5,8,17H,2-3,7,9H2,1H3,(H,16,18). The molecular weight excluding hydrogens is 249 g/mol. The highest BCUT2D eigenvalue weighted by atomic mass is 19.1. The van der Waals surface area contributed by atoms with Gasteiger partial charge in [0.15, 0.2) is 11.6 Å². The highest BCUT2D eigenvalue weighted by molar-refractivity contribution is 5.80. The van der Waals surface area contributed by atoms with E-state index in [-0.39, 0.29) is 24.6 Å². The molecule has 0 fully saturated rings. The minimum atomic E-state index is -0.475. The van der Waals surface area contributed by atoms with Gasteiger partial charge in [-0.1, -0.05) is 0 Å². The molecule has 6 heteroatoms. The van der Waals surface area contributed by atoms with Crippen molar-refractivity contribution < 1.29 is 13.9 Å². The lowest BCUT2D eigenvalue weighted by Crippen LogP contribution is -2.30. The zero-order valence-electron chi connectivity index (χ0n) is 10.7.